The number of carbonyl (C=O) groups excluding carboxylic acids is 1. The molecule has 1 heteroatoms. The fourth-order valence-electron chi connectivity index (χ4n) is 1.55. The van der Waals surface area contributed by atoms with E-state index in [1.165, 1.54) is 0 Å². The number of allylic oxidation sites excluding steroid dienone is 5. The van der Waals surface area contributed by atoms with Crippen LogP contribution in [0.5, 0.6) is 0 Å². The van der Waals surface area contributed by atoms with E-state index in [2.05, 4.69) is 6.58 Å². The number of benzene rings is 1. The molecule has 0 atom stereocenters. The van der Waals surface area contributed by atoms with E-state index in [1.807, 2.05) is 55.5 Å². The van der Waals surface area contributed by atoms with E-state index in [-0.39, 0.29) is 5.78 Å². The first kappa shape index (κ1) is 13.2. The van der Waals surface area contributed by atoms with Crippen LogP contribution in [-0.2, 0) is 11.2 Å². The number of hydrogen-bond donors (Lipinski definition) is 0. The van der Waals surface area contributed by atoms with Crippen molar-refractivity contribution in [2.75, 3.05) is 0 Å². The predicted molar refractivity (Wildman–Crippen MR) is 72.9 cm³/mol. The van der Waals surface area contributed by atoms with Crippen LogP contribution in [0.4, 0.5) is 0 Å². The van der Waals surface area contributed by atoms with Crippen LogP contribution in [0.25, 0.3) is 0 Å². The van der Waals surface area contributed by atoms with Crippen molar-refractivity contribution in [1.82, 2.24) is 0 Å². The summed E-state index contributed by atoms with van der Waals surface area (Å²) >= 11 is 0. The molecule has 0 aliphatic rings. The smallest absolute Gasteiger partial charge is 0.141 e. The maximum absolute atomic E-state index is 11.8. The van der Waals surface area contributed by atoms with Crippen molar-refractivity contribution in [2.45, 2.75) is 19.8 Å². The van der Waals surface area contributed by atoms with Crippen LogP contribution < -0.4 is 0 Å². The number of carbonyl (C=O) groups is 1. The molecule has 0 aliphatic carbocycles. The summed E-state index contributed by atoms with van der Waals surface area (Å²) in [5.41, 5.74) is 2.15. The molecular weight excluding hydrogens is 208 g/mol. The summed E-state index contributed by atoms with van der Waals surface area (Å²) in [6.45, 7) is 5.56. The van der Waals surface area contributed by atoms with E-state index in [1.54, 1.807) is 6.08 Å². The standard InChI is InChI=1S/C16H18O/c1-3-4-6-9-14(2)12-16(17)13-15-10-7-5-8-11-15/h3-11H,1,12-13H2,2H3/b6-4-,14-9+. The van der Waals surface area contributed by atoms with Gasteiger partial charge in [-0.3, -0.25) is 4.79 Å². The van der Waals surface area contributed by atoms with Gasteiger partial charge in [0, 0.05) is 12.8 Å². The number of Topliss-reactive ketones (excluding diaryl/α,β-unsaturated/α-hetero) is 1. The van der Waals surface area contributed by atoms with Crippen LogP contribution in [0.15, 0.2) is 66.8 Å². The second kappa shape index (κ2) is 7.39. The van der Waals surface area contributed by atoms with E-state index in [0.29, 0.717) is 12.8 Å². The molecule has 0 aromatic heterocycles. The van der Waals surface area contributed by atoms with Crippen LogP contribution in [-0.4, -0.2) is 5.78 Å². The first-order valence-electron chi connectivity index (χ1n) is 5.73. The monoisotopic (exact) mass is 226 g/mol. The molecule has 1 aromatic carbocycles. The molecule has 0 N–H and O–H groups in total. The molecule has 1 nitrogen and oxygen atoms in total. The molecule has 0 radical (unpaired) electrons. The molecule has 88 valence electrons. The Balaban J connectivity index is 2.47. The minimum absolute atomic E-state index is 0.247. The van der Waals surface area contributed by atoms with Crippen molar-refractivity contribution in [3.8, 4) is 0 Å². The highest BCUT2D eigenvalue weighted by Gasteiger charge is 2.03. The topological polar surface area (TPSA) is 17.1 Å². The van der Waals surface area contributed by atoms with E-state index in [4.69, 9.17) is 0 Å². The van der Waals surface area contributed by atoms with E-state index < -0.39 is 0 Å². The molecule has 0 bridgehead atoms. The zero-order chi connectivity index (χ0) is 12.5. The Kier molecular flexibility index (Phi) is 5.73. The van der Waals surface area contributed by atoms with Crippen molar-refractivity contribution < 1.29 is 4.79 Å². The maximum atomic E-state index is 11.8. The Labute approximate surface area is 103 Å². The average Bonchev–Trinajstić information content (AvgIpc) is 2.30. The third-order valence-electron chi connectivity index (χ3n) is 2.35. The van der Waals surface area contributed by atoms with Crippen molar-refractivity contribution in [2.24, 2.45) is 0 Å². The third-order valence-corrected chi connectivity index (χ3v) is 2.35. The van der Waals surface area contributed by atoms with E-state index in [9.17, 15) is 4.79 Å². The fourth-order valence-corrected chi connectivity index (χ4v) is 1.55. The molecule has 0 spiro atoms. The lowest BCUT2D eigenvalue weighted by molar-refractivity contribution is -0.117. The molecule has 0 saturated carbocycles. The maximum Gasteiger partial charge on any atom is 0.141 e. The summed E-state index contributed by atoms with van der Waals surface area (Å²) in [7, 11) is 0. The predicted octanol–water partition coefficient (Wildman–Crippen LogP) is 3.88. The minimum Gasteiger partial charge on any atom is -0.299 e. The lowest BCUT2D eigenvalue weighted by Gasteiger charge is -2.01. The van der Waals surface area contributed by atoms with Gasteiger partial charge < -0.3 is 0 Å². The Morgan fingerprint density at radius 1 is 1.24 bits per heavy atom. The van der Waals surface area contributed by atoms with Gasteiger partial charge in [0.25, 0.3) is 0 Å². The fraction of sp³-hybridized carbons (Fsp3) is 0.188. The summed E-state index contributed by atoms with van der Waals surface area (Å²) in [6, 6.07) is 9.83. The van der Waals surface area contributed by atoms with Gasteiger partial charge >= 0.3 is 0 Å². The molecular formula is C16H18O. The molecule has 0 saturated heterocycles. The van der Waals surface area contributed by atoms with Gasteiger partial charge in [0.05, 0.1) is 0 Å². The van der Waals surface area contributed by atoms with Gasteiger partial charge in [-0.15, -0.1) is 0 Å². The Bertz CT molecular complexity index is 424. The highest BCUT2D eigenvalue weighted by molar-refractivity contribution is 5.83. The average molecular weight is 226 g/mol. The molecule has 17 heavy (non-hydrogen) atoms. The van der Waals surface area contributed by atoms with Gasteiger partial charge in [-0.2, -0.15) is 0 Å². The van der Waals surface area contributed by atoms with Gasteiger partial charge in [-0.25, -0.2) is 0 Å². The van der Waals surface area contributed by atoms with Gasteiger partial charge in [0.1, 0.15) is 5.78 Å². The Morgan fingerprint density at radius 2 is 1.94 bits per heavy atom. The zero-order valence-electron chi connectivity index (χ0n) is 10.2. The highest BCUT2D eigenvalue weighted by Crippen LogP contribution is 2.07. The van der Waals surface area contributed by atoms with Crippen LogP contribution in [0.3, 0.4) is 0 Å². The molecule has 0 aliphatic heterocycles. The second-order valence-corrected chi connectivity index (χ2v) is 4.01. The summed E-state index contributed by atoms with van der Waals surface area (Å²) in [4.78, 5) is 11.8. The first-order valence-corrected chi connectivity index (χ1v) is 5.73. The SMILES string of the molecule is C=C/C=C\C=C(/C)CC(=O)Cc1ccccc1. The number of rotatable bonds is 6. The van der Waals surface area contributed by atoms with Gasteiger partial charge in [-0.1, -0.05) is 66.8 Å². The summed E-state index contributed by atoms with van der Waals surface area (Å²) in [6.07, 6.45) is 8.44. The summed E-state index contributed by atoms with van der Waals surface area (Å²) in [5.74, 6) is 0.247. The van der Waals surface area contributed by atoms with Crippen molar-refractivity contribution >= 4 is 5.78 Å². The Morgan fingerprint density at radius 3 is 2.59 bits per heavy atom. The quantitative estimate of drug-likeness (QED) is 0.673. The van der Waals surface area contributed by atoms with Crippen molar-refractivity contribution in [3.63, 3.8) is 0 Å². The van der Waals surface area contributed by atoms with E-state index in [0.717, 1.165) is 11.1 Å². The Hall–Kier alpha value is -1.89. The van der Waals surface area contributed by atoms with Gasteiger partial charge in [-0.05, 0) is 12.5 Å². The van der Waals surface area contributed by atoms with Crippen LogP contribution in [0.2, 0.25) is 0 Å². The molecule has 0 fully saturated rings. The lowest BCUT2D eigenvalue weighted by atomic mass is 10.0. The third kappa shape index (κ3) is 5.67. The van der Waals surface area contributed by atoms with Gasteiger partial charge in [0.2, 0.25) is 0 Å². The lowest BCUT2D eigenvalue weighted by Crippen LogP contribution is -2.02. The molecule has 1 rings (SSSR count). The molecule has 0 amide bonds. The molecule has 0 heterocycles. The highest BCUT2D eigenvalue weighted by atomic mass is 16.1. The number of ketones is 1. The van der Waals surface area contributed by atoms with Crippen molar-refractivity contribution in [3.05, 3.63) is 72.4 Å². The minimum atomic E-state index is 0.247. The van der Waals surface area contributed by atoms with Crippen LogP contribution in [0.1, 0.15) is 18.9 Å². The first-order chi connectivity index (χ1) is 8.22. The largest absolute Gasteiger partial charge is 0.299 e. The zero-order valence-corrected chi connectivity index (χ0v) is 10.2. The van der Waals surface area contributed by atoms with E-state index >= 15 is 0 Å². The molecule has 0 unspecified atom stereocenters. The van der Waals surface area contributed by atoms with Crippen LogP contribution in [0, 0.1) is 0 Å². The summed E-state index contributed by atoms with van der Waals surface area (Å²) < 4.78 is 0. The van der Waals surface area contributed by atoms with Crippen LogP contribution >= 0.6 is 0 Å². The number of hydrogen-bond acceptors (Lipinski definition) is 1. The molecule has 1 aromatic rings. The van der Waals surface area contributed by atoms with Gasteiger partial charge in [0.15, 0.2) is 0 Å². The normalized spacial score (nSPS) is 11.7. The van der Waals surface area contributed by atoms with Crippen molar-refractivity contribution in [1.29, 1.82) is 0 Å². The second-order valence-electron chi connectivity index (χ2n) is 4.01. The summed E-state index contributed by atoms with van der Waals surface area (Å²) in [5, 5.41) is 0.